The summed E-state index contributed by atoms with van der Waals surface area (Å²) in [7, 11) is 3.12. The molecule has 0 fully saturated rings. The smallest absolute Gasteiger partial charge is 0.165 e. The van der Waals surface area contributed by atoms with Gasteiger partial charge < -0.3 is 15.2 Å². The molecule has 0 aliphatic heterocycles. The van der Waals surface area contributed by atoms with Crippen LogP contribution in [0.1, 0.15) is 17.2 Å². The van der Waals surface area contributed by atoms with Gasteiger partial charge in [-0.2, -0.15) is 0 Å². The topological polar surface area (TPSA) is 44.5 Å². The zero-order valence-electron chi connectivity index (χ0n) is 11.9. The monoisotopic (exact) mass is 309 g/mol. The van der Waals surface area contributed by atoms with Crippen molar-refractivity contribution in [2.24, 2.45) is 5.73 Å². The average molecular weight is 310 g/mol. The van der Waals surface area contributed by atoms with Gasteiger partial charge in [0.1, 0.15) is 5.82 Å². The summed E-state index contributed by atoms with van der Waals surface area (Å²) in [5, 5.41) is 0.106. The second-order valence-electron chi connectivity index (χ2n) is 4.61. The summed E-state index contributed by atoms with van der Waals surface area (Å²) in [6, 6.07) is 9.81. The molecule has 3 nitrogen and oxygen atoms in total. The summed E-state index contributed by atoms with van der Waals surface area (Å²) in [5.41, 5.74) is 7.68. The highest BCUT2D eigenvalue weighted by Gasteiger charge is 2.18. The molecule has 0 saturated carbocycles. The quantitative estimate of drug-likeness (QED) is 0.915. The lowest BCUT2D eigenvalue weighted by molar-refractivity contribution is 0.349. The van der Waals surface area contributed by atoms with Crippen LogP contribution in [0.25, 0.3) is 0 Å². The Morgan fingerprint density at radius 1 is 1.14 bits per heavy atom. The van der Waals surface area contributed by atoms with Crippen molar-refractivity contribution in [3.05, 3.63) is 58.4 Å². The molecule has 0 bridgehead atoms. The highest BCUT2D eigenvalue weighted by molar-refractivity contribution is 6.31. The molecule has 0 heterocycles. The van der Waals surface area contributed by atoms with Gasteiger partial charge in [0.25, 0.3) is 0 Å². The number of benzene rings is 2. The van der Waals surface area contributed by atoms with Gasteiger partial charge in [-0.05, 0) is 24.1 Å². The van der Waals surface area contributed by atoms with E-state index in [4.69, 9.17) is 26.8 Å². The summed E-state index contributed by atoms with van der Waals surface area (Å²) in [4.78, 5) is 0. The van der Waals surface area contributed by atoms with Crippen molar-refractivity contribution < 1.29 is 13.9 Å². The van der Waals surface area contributed by atoms with Gasteiger partial charge in [-0.3, -0.25) is 0 Å². The lowest BCUT2D eigenvalue weighted by Gasteiger charge is -2.18. The van der Waals surface area contributed by atoms with Crippen LogP contribution in [0.15, 0.2) is 36.4 Å². The van der Waals surface area contributed by atoms with E-state index in [0.29, 0.717) is 23.5 Å². The number of para-hydroxylation sites is 1. The van der Waals surface area contributed by atoms with Gasteiger partial charge in [-0.15, -0.1) is 0 Å². The van der Waals surface area contributed by atoms with Crippen molar-refractivity contribution in [2.75, 3.05) is 14.2 Å². The van der Waals surface area contributed by atoms with Crippen molar-refractivity contribution in [2.45, 2.75) is 12.5 Å². The predicted octanol–water partition coefficient (Wildman–Crippen LogP) is 3.74. The Morgan fingerprint density at radius 2 is 1.86 bits per heavy atom. The molecule has 0 aliphatic carbocycles. The Labute approximate surface area is 128 Å². The molecular formula is C16H17ClFNO2. The van der Waals surface area contributed by atoms with E-state index in [9.17, 15) is 4.39 Å². The van der Waals surface area contributed by atoms with Gasteiger partial charge in [0, 0.05) is 11.6 Å². The van der Waals surface area contributed by atoms with E-state index in [-0.39, 0.29) is 11.1 Å². The SMILES string of the molecule is COc1cccc(C(N)Cc2cccc(F)c2Cl)c1OC. The van der Waals surface area contributed by atoms with E-state index in [0.717, 1.165) is 5.56 Å². The highest BCUT2D eigenvalue weighted by Crippen LogP contribution is 2.35. The molecule has 112 valence electrons. The summed E-state index contributed by atoms with van der Waals surface area (Å²) >= 11 is 5.97. The van der Waals surface area contributed by atoms with Gasteiger partial charge in [-0.25, -0.2) is 4.39 Å². The maximum Gasteiger partial charge on any atom is 0.165 e. The Bertz CT molecular complexity index is 634. The normalized spacial score (nSPS) is 12.0. The van der Waals surface area contributed by atoms with Gasteiger partial charge >= 0.3 is 0 Å². The third-order valence-corrected chi connectivity index (χ3v) is 3.73. The molecule has 2 N–H and O–H groups in total. The Balaban J connectivity index is 2.32. The minimum Gasteiger partial charge on any atom is -0.493 e. The van der Waals surface area contributed by atoms with Crippen molar-refractivity contribution in [3.63, 3.8) is 0 Å². The van der Waals surface area contributed by atoms with Crippen molar-refractivity contribution in [1.82, 2.24) is 0 Å². The summed E-state index contributed by atoms with van der Waals surface area (Å²) in [6.45, 7) is 0. The maximum absolute atomic E-state index is 13.5. The fourth-order valence-corrected chi connectivity index (χ4v) is 2.46. The fraction of sp³-hybridized carbons (Fsp3) is 0.250. The number of ether oxygens (including phenoxy) is 2. The summed E-state index contributed by atoms with van der Waals surface area (Å²) < 4.78 is 24.1. The number of hydrogen-bond donors (Lipinski definition) is 1. The number of methoxy groups -OCH3 is 2. The Kier molecular flexibility index (Phi) is 5.04. The lowest BCUT2D eigenvalue weighted by Crippen LogP contribution is -2.15. The maximum atomic E-state index is 13.5. The van der Waals surface area contributed by atoms with Crippen LogP contribution in [0.5, 0.6) is 11.5 Å². The number of halogens is 2. The largest absolute Gasteiger partial charge is 0.493 e. The third-order valence-electron chi connectivity index (χ3n) is 3.30. The van der Waals surface area contributed by atoms with Crippen LogP contribution >= 0.6 is 11.6 Å². The Hall–Kier alpha value is -1.78. The lowest BCUT2D eigenvalue weighted by atomic mass is 9.98. The molecule has 5 heteroatoms. The van der Waals surface area contributed by atoms with Crippen LogP contribution in [-0.2, 0) is 6.42 Å². The Morgan fingerprint density at radius 3 is 2.52 bits per heavy atom. The second-order valence-corrected chi connectivity index (χ2v) is 4.98. The van der Waals surface area contributed by atoms with Crippen LogP contribution in [0, 0.1) is 5.82 Å². The molecule has 1 unspecified atom stereocenters. The van der Waals surface area contributed by atoms with E-state index in [1.807, 2.05) is 12.1 Å². The van der Waals surface area contributed by atoms with Crippen molar-refractivity contribution in [3.8, 4) is 11.5 Å². The van der Waals surface area contributed by atoms with Crippen LogP contribution < -0.4 is 15.2 Å². The fourth-order valence-electron chi connectivity index (χ4n) is 2.26. The first-order valence-electron chi connectivity index (χ1n) is 6.47. The molecule has 0 radical (unpaired) electrons. The van der Waals surface area contributed by atoms with E-state index in [2.05, 4.69) is 0 Å². The number of rotatable bonds is 5. The van der Waals surface area contributed by atoms with Crippen molar-refractivity contribution in [1.29, 1.82) is 0 Å². The minimum atomic E-state index is -0.445. The van der Waals surface area contributed by atoms with Crippen LogP contribution in [0.4, 0.5) is 4.39 Å². The van der Waals surface area contributed by atoms with E-state index < -0.39 is 5.82 Å². The van der Waals surface area contributed by atoms with Crippen molar-refractivity contribution >= 4 is 11.6 Å². The summed E-state index contributed by atoms with van der Waals surface area (Å²) in [5.74, 6) is 0.745. The van der Waals surface area contributed by atoms with Gasteiger partial charge in [0.15, 0.2) is 11.5 Å². The second kappa shape index (κ2) is 6.78. The third kappa shape index (κ3) is 3.28. The zero-order chi connectivity index (χ0) is 15.4. The molecule has 0 spiro atoms. The summed E-state index contributed by atoms with van der Waals surface area (Å²) in [6.07, 6.45) is 0.403. The zero-order valence-corrected chi connectivity index (χ0v) is 12.7. The van der Waals surface area contributed by atoms with Gasteiger partial charge in [0.2, 0.25) is 0 Å². The molecule has 0 aromatic heterocycles. The van der Waals surface area contributed by atoms with E-state index >= 15 is 0 Å². The van der Waals surface area contributed by atoms with Gasteiger partial charge in [-0.1, -0.05) is 35.9 Å². The molecule has 2 aromatic rings. The molecule has 1 atom stereocenters. The molecule has 0 amide bonds. The molecule has 2 rings (SSSR count). The van der Waals surface area contributed by atoms with Gasteiger partial charge in [0.05, 0.1) is 19.2 Å². The average Bonchev–Trinajstić information content (AvgIpc) is 2.50. The first-order valence-corrected chi connectivity index (χ1v) is 6.85. The molecular weight excluding hydrogens is 293 g/mol. The van der Waals surface area contributed by atoms with Crippen LogP contribution in [0.2, 0.25) is 5.02 Å². The molecule has 0 aliphatic rings. The standard InChI is InChI=1S/C16H17ClFNO2/c1-20-14-8-4-6-11(16(14)21-2)13(19)9-10-5-3-7-12(18)15(10)17/h3-8,13H,9,19H2,1-2H3. The van der Waals surface area contributed by atoms with Crippen LogP contribution in [-0.4, -0.2) is 14.2 Å². The molecule has 0 saturated heterocycles. The van der Waals surface area contributed by atoms with E-state index in [1.165, 1.54) is 6.07 Å². The number of hydrogen-bond acceptors (Lipinski definition) is 3. The first kappa shape index (κ1) is 15.6. The predicted molar refractivity (Wildman–Crippen MR) is 81.6 cm³/mol. The van der Waals surface area contributed by atoms with E-state index in [1.54, 1.807) is 32.4 Å². The minimum absolute atomic E-state index is 0.106. The van der Waals surface area contributed by atoms with Crippen LogP contribution in [0.3, 0.4) is 0 Å². The number of nitrogens with two attached hydrogens (primary N) is 1. The first-order chi connectivity index (χ1) is 10.1. The molecule has 2 aromatic carbocycles. The highest BCUT2D eigenvalue weighted by atomic mass is 35.5. The molecule has 21 heavy (non-hydrogen) atoms.